The number of hydrogen-bond acceptors (Lipinski definition) is 4. The van der Waals surface area contributed by atoms with Crippen LogP contribution in [0.25, 0.3) is 0 Å². The van der Waals surface area contributed by atoms with Gasteiger partial charge in [-0.25, -0.2) is 9.69 Å². The number of hydrogen-bond donors (Lipinski definition) is 0. The molecule has 5 nitrogen and oxygen atoms in total. The average molecular weight is 393 g/mol. The monoisotopic (exact) mass is 393 g/mol. The minimum absolute atomic E-state index is 0.159. The van der Waals surface area contributed by atoms with Crippen LogP contribution >= 0.6 is 0 Å². The van der Waals surface area contributed by atoms with E-state index in [1.807, 2.05) is 36.4 Å². The number of aryl methyl sites for hydroxylation is 1. The fourth-order valence-corrected chi connectivity index (χ4v) is 4.50. The minimum Gasteiger partial charge on any atom is -0.496 e. The van der Waals surface area contributed by atoms with E-state index in [1.165, 1.54) is 34.4 Å². The van der Waals surface area contributed by atoms with Crippen LogP contribution in [0.2, 0.25) is 0 Å². The Morgan fingerprint density at radius 3 is 2.62 bits per heavy atom. The van der Waals surface area contributed by atoms with E-state index in [1.54, 1.807) is 7.11 Å². The predicted molar refractivity (Wildman–Crippen MR) is 110 cm³/mol. The summed E-state index contributed by atoms with van der Waals surface area (Å²) in [6, 6.07) is 13.7. The van der Waals surface area contributed by atoms with Crippen LogP contribution in [-0.2, 0) is 35.2 Å². The molecule has 0 unspecified atom stereocenters. The number of imide groups is 1. The lowest BCUT2D eigenvalue weighted by Crippen LogP contribution is -2.40. The molecule has 0 N–H and O–H groups in total. The van der Waals surface area contributed by atoms with Crippen LogP contribution < -0.4 is 4.74 Å². The molecule has 1 aliphatic carbocycles. The number of amides is 2. The van der Waals surface area contributed by atoms with Gasteiger partial charge in [-0.05, 0) is 66.8 Å². The van der Waals surface area contributed by atoms with Crippen LogP contribution in [-0.4, -0.2) is 36.7 Å². The van der Waals surface area contributed by atoms with Crippen molar-refractivity contribution in [1.29, 1.82) is 0 Å². The Bertz CT molecular complexity index is 893. The number of nitrogens with zero attached hydrogens (tertiary/aromatic N) is 1. The van der Waals surface area contributed by atoms with E-state index in [0.29, 0.717) is 19.3 Å². The van der Waals surface area contributed by atoms with Crippen LogP contribution in [0.4, 0.5) is 4.79 Å². The van der Waals surface area contributed by atoms with Crippen molar-refractivity contribution in [2.75, 3.05) is 13.7 Å². The van der Waals surface area contributed by atoms with E-state index in [4.69, 9.17) is 9.47 Å². The summed E-state index contributed by atoms with van der Waals surface area (Å²) in [6.45, 7) is 0.261. The lowest BCUT2D eigenvalue weighted by atomic mass is 9.86. The van der Waals surface area contributed by atoms with Crippen molar-refractivity contribution in [3.05, 3.63) is 64.7 Å². The second kappa shape index (κ2) is 8.68. The molecule has 0 aromatic heterocycles. The van der Waals surface area contributed by atoms with Crippen molar-refractivity contribution >= 4 is 12.0 Å². The Kier molecular flexibility index (Phi) is 5.84. The van der Waals surface area contributed by atoms with E-state index < -0.39 is 6.09 Å². The number of carbonyl (C=O) groups is 2. The maximum absolute atomic E-state index is 12.9. The summed E-state index contributed by atoms with van der Waals surface area (Å²) in [6.07, 6.45) is 5.43. The third-order valence-electron chi connectivity index (χ3n) is 5.96. The molecular formula is C24H27NO4. The minimum atomic E-state index is -0.521. The van der Waals surface area contributed by atoms with Crippen molar-refractivity contribution in [2.45, 2.75) is 51.0 Å². The Balaban J connectivity index is 1.45. The third kappa shape index (κ3) is 4.14. The van der Waals surface area contributed by atoms with Gasteiger partial charge in [0, 0.05) is 6.42 Å². The second-order valence-electron chi connectivity index (χ2n) is 7.78. The zero-order valence-corrected chi connectivity index (χ0v) is 16.9. The molecule has 2 aromatic rings. The molecule has 0 radical (unpaired) electrons. The predicted octanol–water partition coefficient (Wildman–Crippen LogP) is 4.10. The van der Waals surface area contributed by atoms with Gasteiger partial charge in [-0.3, -0.25) is 4.79 Å². The van der Waals surface area contributed by atoms with Crippen LogP contribution in [0.15, 0.2) is 42.5 Å². The first-order valence-corrected chi connectivity index (χ1v) is 10.4. The molecule has 152 valence electrons. The maximum atomic E-state index is 12.9. The number of rotatable bonds is 6. The molecule has 0 spiro atoms. The van der Waals surface area contributed by atoms with E-state index in [0.717, 1.165) is 24.2 Å². The number of methoxy groups -OCH3 is 1. The second-order valence-corrected chi connectivity index (χ2v) is 7.78. The number of carbonyl (C=O) groups excluding carboxylic acids is 2. The first-order valence-electron chi connectivity index (χ1n) is 10.4. The van der Waals surface area contributed by atoms with Crippen molar-refractivity contribution in [3.63, 3.8) is 0 Å². The van der Waals surface area contributed by atoms with Crippen molar-refractivity contribution < 1.29 is 19.1 Å². The Morgan fingerprint density at radius 2 is 1.86 bits per heavy atom. The highest BCUT2D eigenvalue weighted by molar-refractivity contribution is 5.93. The van der Waals surface area contributed by atoms with Crippen molar-refractivity contribution in [2.24, 2.45) is 0 Å². The molecule has 0 saturated carbocycles. The summed E-state index contributed by atoms with van der Waals surface area (Å²) in [5.74, 6) is 0.787. The first-order chi connectivity index (χ1) is 14.2. The molecule has 4 rings (SSSR count). The number of benzene rings is 2. The van der Waals surface area contributed by atoms with Crippen LogP contribution in [0.5, 0.6) is 5.75 Å². The average Bonchev–Trinajstić information content (AvgIpc) is 3.12. The van der Waals surface area contributed by atoms with Crippen molar-refractivity contribution in [1.82, 2.24) is 4.90 Å². The number of fused-ring (bicyclic) bond motifs is 1. The van der Waals surface area contributed by atoms with Crippen LogP contribution in [0.3, 0.4) is 0 Å². The molecule has 1 heterocycles. The standard InChI is InChI=1S/C24H27NO4/c1-28-22-13-11-18(20-9-5-6-10-21(20)22)12-14-23(26)25-19(16-29-24(25)27)15-17-7-3-2-4-8-17/h2-4,7-8,11,13,19H,5-6,9-10,12,14-16H2,1H3/t19-/m0/s1. The van der Waals surface area contributed by atoms with Crippen LogP contribution in [0, 0.1) is 0 Å². The smallest absolute Gasteiger partial charge is 0.416 e. The zero-order valence-electron chi connectivity index (χ0n) is 16.9. The first kappa shape index (κ1) is 19.5. The van der Waals surface area contributed by atoms with Crippen molar-refractivity contribution in [3.8, 4) is 5.75 Å². The van der Waals surface area contributed by atoms with E-state index in [2.05, 4.69) is 6.07 Å². The largest absolute Gasteiger partial charge is 0.496 e. The van der Waals surface area contributed by atoms with Gasteiger partial charge in [0.2, 0.25) is 5.91 Å². The fraction of sp³-hybridized carbons (Fsp3) is 0.417. The molecular weight excluding hydrogens is 366 g/mol. The highest BCUT2D eigenvalue weighted by atomic mass is 16.6. The third-order valence-corrected chi connectivity index (χ3v) is 5.96. The van der Waals surface area contributed by atoms with E-state index >= 15 is 0 Å². The lowest BCUT2D eigenvalue weighted by molar-refractivity contribution is -0.129. The summed E-state index contributed by atoms with van der Waals surface area (Å²) < 4.78 is 10.7. The Labute approximate surface area is 171 Å². The molecule has 1 atom stereocenters. The molecule has 2 aromatic carbocycles. The van der Waals surface area contributed by atoms with Gasteiger partial charge < -0.3 is 9.47 Å². The quantitative estimate of drug-likeness (QED) is 0.742. The highest BCUT2D eigenvalue weighted by Crippen LogP contribution is 2.33. The van der Waals surface area contributed by atoms with Crippen LogP contribution in [0.1, 0.15) is 41.5 Å². The van der Waals surface area contributed by atoms with Gasteiger partial charge in [-0.15, -0.1) is 0 Å². The summed E-state index contributed by atoms with van der Waals surface area (Å²) in [7, 11) is 1.71. The SMILES string of the molecule is COc1ccc(CCC(=O)N2C(=O)OC[C@@H]2Cc2ccccc2)c2c1CCCC2. The highest BCUT2D eigenvalue weighted by Gasteiger charge is 2.37. The van der Waals surface area contributed by atoms with Gasteiger partial charge >= 0.3 is 6.09 Å². The summed E-state index contributed by atoms with van der Waals surface area (Å²) >= 11 is 0. The molecule has 1 fully saturated rings. The fourth-order valence-electron chi connectivity index (χ4n) is 4.50. The maximum Gasteiger partial charge on any atom is 0.416 e. The molecule has 0 bridgehead atoms. The lowest BCUT2D eigenvalue weighted by Gasteiger charge is -2.23. The molecule has 29 heavy (non-hydrogen) atoms. The number of ether oxygens (including phenoxy) is 2. The van der Waals surface area contributed by atoms with Gasteiger partial charge in [0.1, 0.15) is 12.4 Å². The molecule has 1 aliphatic heterocycles. The van der Waals surface area contributed by atoms with Gasteiger partial charge in [-0.2, -0.15) is 0 Å². The summed E-state index contributed by atoms with van der Waals surface area (Å²) in [5.41, 5.74) is 4.90. The molecule has 2 aliphatic rings. The summed E-state index contributed by atoms with van der Waals surface area (Å²) in [5, 5.41) is 0. The number of cyclic esters (lactones) is 1. The van der Waals surface area contributed by atoms with E-state index in [9.17, 15) is 9.59 Å². The normalized spacial score (nSPS) is 18.3. The Hall–Kier alpha value is -2.82. The molecule has 2 amide bonds. The van der Waals surface area contributed by atoms with Gasteiger partial charge in [0.05, 0.1) is 13.2 Å². The topological polar surface area (TPSA) is 55.8 Å². The zero-order chi connectivity index (χ0) is 20.2. The molecule has 5 heteroatoms. The van der Waals surface area contributed by atoms with E-state index in [-0.39, 0.29) is 18.6 Å². The van der Waals surface area contributed by atoms with Gasteiger partial charge in [0.25, 0.3) is 0 Å². The van der Waals surface area contributed by atoms with Gasteiger partial charge in [-0.1, -0.05) is 36.4 Å². The van der Waals surface area contributed by atoms with Gasteiger partial charge in [0.15, 0.2) is 0 Å². The summed E-state index contributed by atoms with van der Waals surface area (Å²) in [4.78, 5) is 26.5. The molecule has 1 saturated heterocycles. The Morgan fingerprint density at radius 1 is 1.10 bits per heavy atom.